The van der Waals surface area contributed by atoms with Crippen molar-refractivity contribution >= 4 is 32.9 Å². The molecule has 0 amide bonds. The van der Waals surface area contributed by atoms with E-state index in [4.69, 9.17) is 0 Å². The van der Waals surface area contributed by atoms with Crippen LogP contribution in [0.2, 0.25) is 0 Å². The molecule has 0 saturated heterocycles. The number of fused-ring (bicyclic) bond motifs is 3. The van der Waals surface area contributed by atoms with Gasteiger partial charge in [0.15, 0.2) is 0 Å². The Kier molecular flexibility index (Phi) is 5.73. The number of hydrogen-bond donors (Lipinski definition) is 0. The number of allylic oxidation sites excluding steroid dienone is 2. The third kappa shape index (κ3) is 3.85. The molecule has 0 fully saturated rings. The number of benzene rings is 4. The van der Waals surface area contributed by atoms with Gasteiger partial charge in [0, 0.05) is 21.3 Å². The lowest BCUT2D eigenvalue weighted by Crippen LogP contribution is -2.35. The monoisotopic (exact) mass is 531 g/mol. The number of rotatable bonds is 4. The summed E-state index contributed by atoms with van der Waals surface area (Å²) < 4.78 is 1.09. The van der Waals surface area contributed by atoms with E-state index in [-0.39, 0.29) is 11.5 Å². The van der Waals surface area contributed by atoms with Crippen molar-refractivity contribution in [3.8, 4) is 11.1 Å². The lowest BCUT2D eigenvalue weighted by atomic mass is 9.82. The average Bonchev–Trinajstić information content (AvgIpc) is 3.13. The predicted molar refractivity (Wildman–Crippen MR) is 157 cm³/mol. The summed E-state index contributed by atoms with van der Waals surface area (Å²) in [7, 11) is 0. The highest BCUT2D eigenvalue weighted by Crippen LogP contribution is 2.50. The molecular weight excluding hydrogens is 502 g/mol. The number of hydrogen-bond acceptors (Lipinski definition) is 1. The normalized spacial score (nSPS) is 19.4. The van der Waals surface area contributed by atoms with Crippen molar-refractivity contribution in [3.05, 3.63) is 136 Å². The second-order valence-corrected chi connectivity index (χ2v) is 11.4. The van der Waals surface area contributed by atoms with Gasteiger partial charge in [0.25, 0.3) is 0 Å². The molecule has 0 heterocycles. The molecule has 0 aromatic heterocycles. The molecule has 2 heteroatoms. The summed E-state index contributed by atoms with van der Waals surface area (Å²) >= 11 is 3.62. The second kappa shape index (κ2) is 8.94. The molecule has 0 spiro atoms. The first-order chi connectivity index (χ1) is 17.4. The highest BCUT2D eigenvalue weighted by molar-refractivity contribution is 9.10. The zero-order valence-electron chi connectivity index (χ0n) is 20.9. The second-order valence-electron chi connectivity index (χ2n) is 10.4. The van der Waals surface area contributed by atoms with Gasteiger partial charge in [-0.3, -0.25) is 0 Å². The van der Waals surface area contributed by atoms with Crippen LogP contribution in [0.4, 0.5) is 11.4 Å². The van der Waals surface area contributed by atoms with Gasteiger partial charge in [0.05, 0.1) is 6.04 Å². The predicted octanol–water partition coefficient (Wildman–Crippen LogP) is 9.55. The molecule has 36 heavy (non-hydrogen) atoms. The minimum atomic E-state index is -0.0261. The summed E-state index contributed by atoms with van der Waals surface area (Å²) in [6.07, 6.45) is 7.08. The van der Waals surface area contributed by atoms with Crippen LogP contribution in [0.5, 0.6) is 0 Å². The van der Waals surface area contributed by atoms with Crippen LogP contribution in [-0.4, -0.2) is 6.04 Å². The van der Waals surface area contributed by atoms with Crippen molar-refractivity contribution < 1.29 is 0 Å². The van der Waals surface area contributed by atoms with Crippen molar-refractivity contribution in [2.75, 3.05) is 4.90 Å². The van der Waals surface area contributed by atoms with Crippen molar-refractivity contribution in [1.29, 1.82) is 0 Å². The van der Waals surface area contributed by atoms with E-state index in [1.807, 2.05) is 0 Å². The maximum atomic E-state index is 3.62. The van der Waals surface area contributed by atoms with Gasteiger partial charge < -0.3 is 4.90 Å². The zero-order valence-corrected chi connectivity index (χ0v) is 22.5. The van der Waals surface area contributed by atoms with Crippen LogP contribution < -0.4 is 4.90 Å². The minimum absolute atomic E-state index is 0.0261. The SMILES string of the molecule is CC1C=C(c2ccccc2)C=CC1N(c1ccc(Br)cc1)c1ccc2c(c1)C(C)(C)c1ccccc1-2. The van der Waals surface area contributed by atoms with Crippen molar-refractivity contribution in [2.45, 2.75) is 32.2 Å². The van der Waals surface area contributed by atoms with Crippen LogP contribution in [-0.2, 0) is 5.41 Å². The van der Waals surface area contributed by atoms with Crippen molar-refractivity contribution in [2.24, 2.45) is 5.92 Å². The van der Waals surface area contributed by atoms with Crippen LogP contribution in [0.15, 0.2) is 120 Å². The molecule has 178 valence electrons. The fourth-order valence-corrected chi connectivity index (χ4v) is 6.16. The van der Waals surface area contributed by atoms with Gasteiger partial charge in [-0.1, -0.05) is 116 Å². The molecule has 6 rings (SSSR count). The maximum absolute atomic E-state index is 3.62. The standard InChI is InChI=1S/C34H30BrN/c1-23-21-25(24-9-5-4-6-10-24)13-20-33(23)36(27-16-14-26(35)15-17-27)28-18-19-30-29-11-7-8-12-31(29)34(2,3)32(30)22-28/h4-23,33H,1-3H3. The highest BCUT2D eigenvalue weighted by Gasteiger charge is 2.36. The Morgan fingerprint density at radius 3 is 2.14 bits per heavy atom. The summed E-state index contributed by atoms with van der Waals surface area (Å²) in [6.45, 7) is 7.03. The van der Waals surface area contributed by atoms with E-state index in [1.54, 1.807) is 0 Å². The van der Waals surface area contributed by atoms with Gasteiger partial charge in [0.2, 0.25) is 0 Å². The van der Waals surface area contributed by atoms with E-state index in [1.165, 1.54) is 44.8 Å². The molecule has 0 N–H and O–H groups in total. The Morgan fingerprint density at radius 1 is 0.722 bits per heavy atom. The molecule has 2 unspecified atom stereocenters. The van der Waals surface area contributed by atoms with Crippen LogP contribution in [0, 0.1) is 5.92 Å². The van der Waals surface area contributed by atoms with Crippen LogP contribution >= 0.6 is 15.9 Å². The van der Waals surface area contributed by atoms with Gasteiger partial charge in [-0.2, -0.15) is 0 Å². The van der Waals surface area contributed by atoms with Crippen molar-refractivity contribution in [1.82, 2.24) is 0 Å². The summed E-state index contributed by atoms with van der Waals surface area (Å²) in [4.78, 5) is 2.51. The Bertz CT molecular complexity index is 1480. The molecule has 2 aliphatic rings. The number of anilines is 2. The number of nitrogens with zero attached hydrogens (tertiary/aromatic N) is 1. The van der Waals surface area contributed by atoms with Gasteiger partial charge in [-0.05, 0) is 75.7 Å². The quantitative estimate of drug-likeness (QED) is 0.253. The van der Waals surface area contributed by atoms with E-state index in [9.17, 15) is 0 Å². The Morgan fingerprint density at radius 2 is 1.39 bits per heavy atom. The van der Waals surface area contributed by atoms with E-state index >= 15 is 0 Å². The Labute approximate surface area is 222 Å². The van der Waals surface area contributed by atoms with E-state index < -0.39 is 0 Å². The number of halogens is 1. The van der Waals surface area contributed by atoms with E-state index in [0.717, 1.165) is 4.47 Å². The molecular formula is C34H30BrN. The zero-order chi connectivity index (χ0) is 24.9. The molecule has 0 saturated carbocycles. The fraction of sp³-hybridized carbons (Fsp3) is 0.176. The molecule has 1 nitrogen and oxygen atoms in total. The maximum Gasteiger partial charge on any atom is 0.0585 e. The van der Waals surface area contributed by atoms with E-state index in [2.05, 4.69) is 157 Å². The van der Waals surface area contributed by atoms with Crippen LogP contribution in [0.1, 0.15) is 37.5 Å². The molecule has 2 aliphatic carbocycles. The van der Waals surface area contributed by atoms with Gasteiger partial charge in [-0.15, -0.1) is 0 Å². The Balaban J connectivity index is 1.44. The molecule has 0 bridgehead atoms. The summed E-state index contributed by atoms with van der Waals surface area (Å²) in [5, 5.41) is 0. The van der Waals surface area contributed by atoms with Crippen LogP contribution in [0.3, 0.4) is 0 Å². The third-order valence-electron chi connectivity index (χ3n) is 7.81. The average molecular weight is 533 g/mol. The molecule has 2 atom stereocenters. The molecule has 4 aromatic carbocycles. The highest BCUT2D eigenvalue weighted by atomic mass is 79.9. The van der Waals surface area contributed by atoms with Gasteiger partial charge in [-0.25, -0.2) is 0 Å². The minimum Gasteiger partial charge on any atom is -0.334 e. The first kappa shape index (κ1) is 23.1. The lowest BCUT2D eigenvalue weighted by molar-refractivity contribution is 0.610. The summed E-state index contributed by atoms with van der Waals surface area (Å²) in [5.41, 5.74) is 10.5. The first-order valence-electron chi connectivity index (χ1n) is 12.7. The van der Waals surface area contributed by atoms with Gasteiger partial charge >= 0.3 is 0 Å². The molecule has 4 aromatic rings. The van der Waals surface area contributed by atoms with Gasteiger partial charge in [0.1, 0.15) is 0 Å². The summed E-state index contributed by atoms with van der Waals surface area (Å²) in [6, 6.07) is 35.5. The Hall–Kier alpha value is -3.36. The smallest absolute Gasteiger partial charge is 0.0585 e. The lowest BCUT2D eigenvalue weighted by Gasteiger charge is -2.37. The summed E-state index contributed by atoms with van der Waals surface area (Å²) in [5.74, 6) is 0.340. The molecule has 0 radical (unpaired) electrons. The first-order valence-corrected chi connectivity index (χ1v) is 13.5. The third-order valence-corrected chi connectivity index (χ3v) is 8.34. The van der Waals surface area contributed by atoms with Crippen molar-refractivity contribution in [3.63, 3.8) is 0 Å². The molecule has 0 aliphatic heterocycles. The topological polar surface area (TPSA) is 3.24 Å². The van der Waals surface area contributed by atoms with E-state index in [0.29, 0.717) is 5.92 Å². The largest absolute Gasteiger partial charge is 0.334 e. The fourth-order valence-electron chi connectivity index (χ4n) is 5.90. The van der Waals surface area contributed by atoms with Crippen LogP contribution in [0.25, 0.3) is 16.7 Å².